The van der Waals surface area contributed by atoms with Gasteiger partial charge in [-0.25, -0.2) is 9.37 Å². The molecule has 0 aliphatic heterocycles. The minimum Gasteiger partial charge on any atom is -0.366 e. The van der Waals surface area contributed by atoms with Crippen LogP contribution in [0.1, 0.15) is 26.3 Å². The molecule has 0 fully saturated rings. The Morgan fingerprint density at radius 2 is 1.77 bits per heavy atom. The number of benzene rings is 3. The van der Waals surface area contributed by atoms with Gasteiger partial charge in [-0.3, -0.25) is 9.59 Å². The third-order valence-electron chi connectivity index (χ3n) is 4.99. The van der Waals surface area contributed by atoms with Crippen molar-refractivity contribution in [2.24, 2.45) is 5.73 Å². The summed E-state index contributed by atoms with van der Waals surface area (Å²) in [7, 11) is 0. The molecule has 0 bridgehead atoms. The summed E-state index contributed by atoms with van der Waals surface area (Å²) < 4.78 is 15.2. The summed E-state index contributed by atoms with van der Waals surface area (Å²) in [5.74, 6) is -1.97. The topological polar surface area (TPSA) is 85.1 Å². The van der Waals surface area contributed by atoms with Crippen LogP contribution in [0.15, 0.2) is 71.2 Å². The monoisotopic (exact) mass is 477 g/mol. The van der Waals surface area contributed by atoms with E-state index < -0.39 is 17.6 Å². The van der Waals surface area contributed by atoms with Gasteiger partial charge in [-0.05, 0) is 52.7 Å². The molecule has 2 amide bonds. The Balaban J connectivity index is 1.86. The second kappa shape index (κ2) is 8.28. The molecule has 154 valence electrons. The van der Waals surface area contributed by atoms with Crippen LogP contribution < -0.4 is 11.1 Å². The lowest BCUT2D eigenvalue weighted by Gasteiger charge is -2.16. The van der Waals surface area contributed by atoms with Crippen LogP contribution in [0.4, 0.5) is 10.1 Å². The first-order chi connectivity index (χ1) is 14.9. The zero-order valence-corrected chi connectivity index (χ0v) is 18.0. The number of rotatable bonds is 4. The summed E-state index contributed by atoms with van der Waals surface area (Å²) in [5, 5.41) is 3.25. The quantitative estimate of drug-likeness (QED) is 0.408. The van der Waals surface area contributed by atoms with Gasteiger partial charge < -0.3 is 11.1 Å². The molecule has 31 heavy (non-hydrogen) atoms. The van der Waals surface area contributed by atoms with Crippen molar-refractivity contribution in [1.82, 2.24) is 4.98 Å². The van der Waals surface area contributed by atoms with Gasteiger partial charge in [0.05, 0.1) is 22.5 Å². The van der Waals surface area contributed by atoms with E-state index in [2.05, 4.69) is 21.2 Å². The molecule has 3 N–H and O–H groups in total. The number of halogens is 2. The van der Waals surface area contributed by atoms with Crippen LogP contribution in [0.25, 0.3) is 22.2 Å². The normalized spacial score (nSPS) is 10.8. The van der Waals surface area contributed by atoms with E-state index in [1.54, 1.807) is 6.07 Å². The third-order valence-corrected chi connectivity index (χ3v) is 5.63. The first-order valence-corrected chi connectivity index (χ1v) is 10.2. The summed E-state index contributed by atoms with van der Waals surface area (Å²) in [5.41, 5.74) is 8.38. The lowest BCUT2D eigenvalue weighted by molar-refractivity contribution is 0.0998. The highest BCUT2D eigenvalue weighted by Crippen LogP contribution is 2.33. The standard InChI is InChI=1S/C24H17BrFN3O2/c1-13-20(24(31)28-19-11-10-15(23(27)30)12-18(19)26)16-8-5-9-17(25)22(16)29-21(13)14-6-3-2-4-7-14/h2-12H,1H3,(H2,27,30)(H,28,31). The van der Waals surface area contributed by atoms with Crippen LogP contribution in [0.3, 0.4) is 0 Å². The Hall–Kier alpha value is -3.58. The summed E-state index contributed by atoms with van der Waals surface area (Å²) in [6.07, 6.45) is 0. The molecule has 1 heterocycles. The van der Waals surface area contributed by atoms with E-state index in [0.717, 1.165) is 16.1 Å². The number of nitrogens with zero attached hydrogens (tertiary/aromatic N) is 1. The zero-order chi connectivity index (χ0) is 22.1. The summed E-state index contributed by atoms with van der Waals surface area (Å²) in [6.45, 7) is 1.82. The SMILES string of the molecule is Cc1c(-c2ccccc2)nc2c(Br)cccc2c1C(=O)Nc1ccc(C(N)=O)cc1F. The van der Waals surface area contributed by atoms with Crippen molar-refractivity contribution in [3.05, 3.63) is 93.7 Å². The molecular weight excluding hydrogens is 461 g/mol. The molecule has 0 aliphatic rings. The average molecular weight is 478 g/mol. The van der Waals surface area contributed by atoms with E-state index in [4.69, 9.17) is 10.7 Å². The molecular formula is C24H17BrFN3O2. The summed E-state index contributed by atoms with van der Waals surface area (Å²) in [4.78, 5) is 29.4. The highest BCUT2D eigenvalue weighted by Gasteiger charge is 2.21. The molecule has 0 aliphatic carbocycles. The van der Waals surface area contributed by atoms with Crippen molar-refractivity contribution in [2.75, 3.05) is 5.32 Å². The first-order valence-electron chi connectivity index (χ1n) is 9.41. The summed E-state index contributed by atoms with van der Waals surface area (Å²) in [6, 6.07) is 18.7. The molecule has 0 spiro atoms. The zero-order valence-electron chi connectivity index (χ0n) is 16.4. The van der Waals surface area contributed by atoms with Gasteiger partial charge in [0.25, 0.3) is 5.91 Å². The van der Waals surface area contributed by atoms with Crippen molar-refractivity contribution >= 4 is 44.3 Å². The lowest BCUT2D eigenvalue weighted by Crippen LogP contribution is -2.17. The predicted octanol–water partition coefficient (Wildman–Crippen LogP) is 5.46. The maximum absolute atomic E-state index is 14.5. The smallest absolute Gasteiger partial charge is 0.256 e. The molecule has 5 nitrogen and oxygen atoms in total. The van der Waals surface area contributed by atoms with Crippen LogP contribution in [0.5, 0.6) is 0 Å². The molecule has 4 aromatic rings. The maximum atomic E-state index is 14.5. The first kappa shape index (κ1) is 20.7. The van der Waals surface area contributed by atoms with Crippen LogP contribution >= 0.6 is 15.9 Å². The van der Waals surface area contributed by atoms with Crippen molar-refractivity contribution < 1.29 is 14.0 Å². The highest BCUT2D eigenvalue weighted by molar-refractivity contribution is 9.10. The number of amides is 2. The van der Waals surface area contributed by atoms with E-state index >= 15 is 0 Å². The largest absolute Gasteiger partial charge is 0.366 e. The van der Waals surface area contributed by atoms with Gasteiger partial charge in [0.1, 0.15) is 5.82 Å². The van der Waals surface area contributed by atoms with E-state index in [0.29, 0.717) is 27.7 Å². The number of hydrogen-bond donors (Lipinski definition) is 2. The summed E-state index contributed by atoms with van der Waals surface area (Å²) >= 11 is 3.51. The number of fused-ring (bicyclic) bond motifs is 1. The Morgan fingerprint density at radius 3 is 2.45 bits per heavy atom. The van der Waals surface area contributed by atoms with Gasteiger partial charge >= 0.3 is 0 Å². The Labute approximate surface area is 186 Å². The number of carbonyl (C=O) groups is 2. The molecule has 4 rings (SSSR count). The van der Waals surface area contributed by atoms with Crippen molar-refractivity contribution in [2.45, 2.75) is 6.92 Å². The third kappa shape index (κ3) is 3.92. The number of nitrogens with two attached hydrogens (primary N) is 1. The second-order valence-corrected chi connectivity index (χ2v) is 7.83. The number of anilines is 1. The average Bonchev–Trinajstić information content (AvgIpc) is 2.75. The fourth-order valence-electron chi connectivity index (χ4n) is 3.47. The highest BCUT2D eigenvalue weighted by atomic mass is 79.9. The number of para-hydroxylation sites is 1. The van der Waals surface area contributed by atoms with Crippen molar-refractivity contribution in [3.63, 3.8) is 0 Å². The number of pyridine rings is 1. The van der Waals surface area contributed by atoms with Gasteiger partial charge in [-0.2, -0.15) is 0 Å². The van der Waals surface area contributed by atoms with E-state index in [1.165, 1.54) is 12.1 Å². The van der Waals surface area contributed by atoms with Gasteiger partial charge in [0.2, 0.25) is 5.91 Å². The van der Waals surface area contributed by atoms with Crippen LogP contribution in [0, 0.1) is 12.7 Å². The van der Waals surface area contributed by atoms with Crippen LogP contribution in [-0.2, 0) is 0 Å². The molecule has 0 saturated heterocycles. The Bertz CT molecular complexity index is 1340. The van der Waals surface area contributed by atoms with Gasteiger partial charge in [0.15, 0.2) is 0 Å². The predicted molar refractivity (Wildman–Crippen MR) is 122 cm³/mol. The number of nitrogens with one attached hydrogen (secondary N) is 1. The Kier molecular flexibility index (Phi) is 5.52. The lowest BCUT2D eigenvalue weighted by atomic mass is 9.97. The fourth-order valence-corrected chi connectivity index (χ4v) is 3.93. The molecule has 3 aromatic carbocycles. The number of hydrogen-bond acceptors (Lipinski definition) is 3. The van der Waals surface area contributed by atoms with Gasteiger partial charge in [-0.1, -0.05) is 42.5 Å². The molecule has 0 radical (unpaired) electrons. The Morgan fingerprint density at radius 1 is 1.03 bits per heavy atom. The van der Waals surface area contributed by atoms with E-state index in [1.807, 2.05) is 49.4 Å². The van der Waals surface area contributed by atoms with E-state index in [-0.39, 0.29) is 11.3 Å². The number of carbonyl (C=O) groups excluding carboxylic acids is 2. The molecule has 0 saturated carbocycles. The van der Waals surface area contributed by atoms with Crippen LogP contribution in [-0.4, -0.2) is 16.8 Å². The fraction of sp³-hybridized carbons (Fsp3) is 0.0417. The van der Waals surface area contributed by atoms with Gasteiger partial charge in [-0.15, -0.1) is 0 Å². The van der Waals surface area contributed by atoms with E-state index in [9.17, 15) is 14.0 Å². The van der Waals surface area contributed by atoms with Crippen molar-refractivity contribution in [3.8, 4) is 11.3 Å². The van der Waals surface area contributed by atoms with Crippen LogP contribution in [0.2, 0.25) is 0 Å². The van der Waals surface area contributed by atoms with Gasteiger partial charge in [0, 0.05) is 21.0 Å². The molecule has 0 atom stereocenters. The second-order valence-electron chi connectivity index (χ2n) is 6.98. The minimum absolute atomic E-state index is 0.0244. The molecule has 0 unspecified atom stereocenters. The molecule has 1 aromatic heterocycles. The maximum Gasteiger partial charge on any atom is 0.256 e. The molecule has 7 heteroatoms. The number of primary amides is 1. The van der Waals surface area contributed by atoms with Crippen molar-refractivity contribution in [1.29, 1.82) is 0 Å². The number of aromatic nitrogens is 1. The minimum atomic E-state index is -0.745.